The van der Waals surface area contributed by atoms with Crippen LogP contribution in [0.3, 0.4) is 0 Å². The third-order valence-corrected chi connectivity index (χ3v) is 3.38. The molecule has 2 aromatic rings. The number of ether oxygens (including phenoxy) is 1. The predicted molar refractivity (Wildman–Crippen MR) is 88.5 cm³/mol. The van der Waals surface area contributed by atoms with E-state index >= 15 is 0 Å². The molecule has 1 amide bonds. The van der Waals surface area contributed by atoms with Crippen molar-refractivity contribution in [3.05, 3.63) is 64.4 Å². The summed E-state index contributed by atoms with van der Waals surface area (Å²) in [5.74, 6) is -0.222. The fourth-order valence-corrected chi connectivity index (χ4v) is 2.00. The molecule has 0 heterocycles. The normalized spacial score (nSPS) is 10.7. The van der Waals surface area contributed by atoms with Gasteiger partial charge in [0.1, 0.15) is 11.6 Å². The first kappa shape index (κ1) is 17.0. The van der Waals surface area contributed by atoms with Crippen LogP contribution >= 0.6 is 11.6 Å². The monoisotopic (exact) mass is 334 g/mol. The van der Waals surface area contributed by atoms with Crippen LogP contribution in [0.4, 0.5) is 4.39 Å². The highest BCUT2D eigenvalue weighted by molar-refractivity contribution is 6.33. The van der Waals surface area contributed by atoms with E-state index in [1.807, 2.05) is 24.3 Å². The van der Waals surface area contributed by atoms with Crippen molar-refractivity contribution >= 4 is 23.7 Å². The summed E-state index contributed by atoms with van der Waals surface area (Å²) in [6.45, 7) is 1.91. The predicted octanol–water partition coefficient (Wildman–Crippen LogP) is 3.57. The molecule has 0 atom stereocenters. The van der Waals surface area contributed by atoms with Crippen molar-refractivity contribution in [3.8, 4) is 5.75 Å². The first-order chi connectivity index (χ1) is 11.1. The zero-order chi connectivity index (χ0) is 16.7. The Bertz CT molecular complexity index is 702. The number of benzene rings is 2. The van der Waals surface area contributed by atoms with Gasteiger partial charge in [0.15, 0.2) is 6.61 Å². The van der Waals surface area contributed by atoms with Crippen molar-refractivity contribution in [2.75, 3.05) is 6.61 Å². The van der Waals surface area contributed by atoms with Crippen molar-refractivity contribution in [1.29, 1.82) is 0 Å². The number of aryl methyl sites for hydroxylation is 1. The SMILES string of the molecule is CCc1ccc(OCC(=O)NN=Cc2ccc(F)cc2Cl)cc1. The number of nitrogens with zero attached hydrogens (tertiary/aromatic N) is 1. The smallest absolute Gasteiger partial charge is 0.277 e. The van der Waals surface area contributed by atoms with E-state index in [-0.39, 0.29) is 11.6 Å². The van der Waals surface area contributed by atoms with E-state index in [1.165, 1.54) is 30.0 Å². The minimum atomic E-state index is -0.432. The van der Waals surface area contributed by atoms with Crippen LogP contribution in [0.1, 0.15) is 18.1 Å². The number of hydrogen-bond donors (Lipinski definition) is 1. The summed E-state index contributed by atoms with van der Waals surface area (Å²) in [5.41, 5.74) is 4.02. The minimum Gasteiger partial charge on any atom is -0.484 e. The van der Waals surface area contributed by atoms with Gasteiger partial charge in [-0.25, -0.2) is 9.82 Å². The van der Waals surface area contributed by atoms with Gasteiger partial charge in [-0.3, -0.25) is 4.79 Å². The number of hydrogen-bond acceptors (Lipinski definition) is 3. The van der Waals surface area contributed by atoms with Crippen molar-refractivity contribution in [2.24, 2.45) is 5.10 Å². The van der Waals surface area contributed by atoms with Gasteiger partial charge in [0, 0.05) is 5.56 Å². The summed E-state index contributed by atoms with van der Waals surface area (Å²) in [6.07, 6.45) is 2.29. The van der Waals surface area contributed by atoms with E-state index in [9.17, 15) is 9.18 Å². The number of amides is 1. The van der Waals surface area contributed by atoms with Gasteiger partial charge in [-0.15, -0.1) is 0 Å². The fourth-order valence-electron chi connectivity index (χ4n) is 1.78. The topological polar surface area (TPSA) is 50.7 Å². The first-order valence-corrected chi connectivity index (χ1v) is 7.45. The molecule has 0 unspecified atom stereocenters. The molecule has 0 aliphatic carbocycles. The van der Waals surface area contributed by atoms with Crippen molar-refractivity contribution in [2.45, 2.75) is 13.3 Å². The number of carbonyl (C=O) groups excluding carboxylic acids is 1. The summed E-state index contributed by atoms with van der Waals surface area (Å²) in [5, 5.41) is 3.98. The summed E-state index contributed by atoms with van der Waals surface area (Å²) >= 11 is 5.84. The summed E-state index contributed by atoms with van der Waals surface area (Å²) in [4.78, 5) is 11.6. The van der Waals surface area contributed by atoms with Crippen molar-refractivity contribution in [1.82, 2.24) is 5.43 Å². The molecule has 2 rings (SSSR count). The van der Waals surface area contributed by atoms with Crippen LogP contribution in [0.25, 0.3) is 0 Å². The molecule has 0 aromatic heterocycles. The highest BCUT2D eigenvalue weighted by atomic mass is 35.5. The Labute approximate surface area is 138 Å². The molecule has 120 valence electrons. The molecule has 0 saturated heterocycles. The maximum atomic E-state index is 12.9. The Morgan fingerprint density at radius 1 is 1.30 bits per heavy atom. The van der Waals surface area contributed by atoms with Crippen LogP contribution in [0, 0.1) is 5.82 Å². The maximum absolute atomic E-state index is 12.9. The molecule has 0 aliphatic heterocycles. The van der Waals surface area contributed by atoms with Crippen LogP contribution in [-0.4, -0.2) is 18.7 Å². The zero-order valence-electron chi connectivity index (χ0n) is 12.6. The van der Waals surface area contributed by atoms with Crippen LogP contribution in [0.2, 0.25) is 5.02 Å². The molecule has 23 heavy (non-hydrogen) atoms. The molecule has 0 bridgehead atoms. The third kappa shape index (κ3) is 5.38. The Kier molecular flexibility index (Phi) is 6.11. The van der Waals surface area contributed by atoms with Crippen LogP contribution in [0.5, 0.6) is 5.75 Å². The highest BCUT2D eigenvalue weighted by Gasteiger charge is 2.02. The van der Waals surface area contributed by atoms with Crippen molar-refractivity contribution in [3.63, 3.8) is 0 Å². The fraction of sp³-hybridized carbons (Fsp3) is 0.176. The first-order valence-electron chi connectivity index (χ1n) is 7.07. The van der Waals surface area contributed by atoms with Crippen LogP contribution in [-0.2, 0) is 11.2 Å². The minimum absolute atomic E-state index is 0.153. The number of carbonyl (C=O) groups is 1. The number of rotatable bonds is 6. The Balaban J connectivity index is 1.81. The lowest BCUT2D eigenvalue weighted by atomic mass is 10.2. The zero-order valence-corrected chi connectivity index (χ0v) is 13.3. The van der Waals surface area contributed by atoms with E-state index in [0.717, 1.165) is 6.42 Å². The van der Waals surface area contributed by atoms with Crippen molar-refractivity contribution < 1.29 is 13.9 Å². The van der Waals surface area contributed by atoms with Gasteiger partial charge in [-0.2, -0.15) is 5.10 Å². The summed E-state index contributed by atoms with van der Waals surface area (Å²) < 4.78 is 18.2. The summed E-state index contributed by atoms with van der Waals surface area (Å²) in [7, 11) is 0. The second kappa shape index (κ2) is 8.29. The van der Waals surface area contributed by atoms with Gasteiger partial charge >= 0.3 is 0 Å². The highest BCUT2D eigenvalue weighted by Crippen LogP contribution is 2.15. The molecule has 0 radical (unpaired) electrons. The quantitative estimate of drug-likeness (QED) is 0.648. The lowest BCUT2D eigenvalue weighted by Crippen LogP contribution is -2.24. The van der Waals surface area contributed by atoms with Gasteiger partial charge in [0.05, 0.1) is 11.2 Å². The molecule has 0 fully saturated rings. The molecule has 6 heteroatoms. The van der Waals surface area contributed by atoms with Gasteiger partial charge in [0.2, 0.25) is 0 Å². The van der Waals surface area contributed by atoms with E-state index in [0.29, 0.717) is 11.3 Å². The lowest BCUT2D eigenvalue weighted by molar-refractivity contribution is -0.123. The van der Waals surface area contributed by atoms with E-state index in [1.54, 1.807) is 0 Å². The maximum Gasteiger partial charge on any atom is 0.277 e. The number of halogens is 2. The lowest BCUT2D eigenvalue weighted by Gasteiger charge is -2.05. The molecule has 0 saturated carbocycles. The Morgan fingerprint density at radius 2 is 2.04 bits per heavy atom. The molecular formula is C17H16ClFN2O2. The van der Waals surface area contributed by atoms with E-state index < -0.39 is 11.7 Å². The van der Waals surface area contributed by atoms with Gasteiger partial charge in [0.25, 0.3) is 5.91 Å². The Hall–Kier alpha value is -2.40. The van der Waals surface area contributed by atoms with Gasteiger partial charge in [-0.1, -0.05) is 30.7 Å². The van der Waals surface area contributed by atoms with Gasteiger partial charge in [-0.05, 0) is 42.3 Å². The van der Waals surface area contributed by atoms with Crippen LogP contribution in [0.15, 0.2) is 47.6 Å². The Morgan fingerprint density at radius 3 is 2.70 bits per heavy atom. The molecule has 0 aliphatic rings. The second-order valence-corrected chi connectivity index (χ2v) is 5.15. The average molecular weight is 335 g/mol. The number of hydrazone groups is 1. The molecule has 1 N–H and O–H groups in total. The second-order valence-electron chi connectivity index (χ2n) is 4.75. The third-order valence-electron chi connectivity index (χ3n) is 3.06. The molecular weight excluding hydrogens is 319 g/mol. The standard InChI is InChI=1S/C17H16ClFN2O2/c1-2-12-3-7-15(8-4-12)23-11-17(22)21-20-10-13-5-6-14(19)9-16(13)18/h3-10H,2,11H2,1H3,(H,21,22). The molecule has 0 spiro atoms. The van der Waals surface area contributed by atoms with E-state index in [4.69, 9.17) is 16.3 Å². The largest absolute Gasteiger partial charge is 0.484 e. The molecule has 4 nitrogen and oxygen atoms in total. The molecule has 2 aromatic carbocycles. The van der Waals surface area contributed by atoms with Gasteiger partial charge < -0.3 is 4.74 Å². The van der Waals surface area contributed by atoms with Crippen LogP contribution < -0.4 is 10.2 Å². The number of nitrogens with one attached hydrogen (secondary N) is 1. The van der Waals surface area contributed by atoms with E-state index in [2.05, 4.69) is 17.5 Å². The average Bonchev–Trinajstić information content (AvgIpc) is 2.55. The summed E-state index contributed by atoms with van der Waals surface area (Å²) in [6, 6.07) is 11.4.